The molecule has 2 aromatic carbocycles. The van der Waals surface area contributed by atoms with Gasteiger partial charge in [-0.3, -0.25) is 0 Å². The number of aryl methyl sites for hydroxylation is 1. The van der Waals surface area contributed by atoms with Crippen molar-refractivity contribution in [2.24, 2.45) is 0 Å². The molecule has 0 saturated heterocycles. The van der Waals surface area contributed by atoms with Gasteiger partial charge >= 0.3 is 114 Å². The number of benzene rings is 2. The molecule has 0 unspecified atom stereocenters. The Morgan fingerprint density at radius 3 is 2.44 bits per heavy atom. The molecule has 0 aliphatic carbocycles. The van der Waals surface area contributed by atoms with Crippen LogP contribution in [-0.2, 0) is 0 Å². The third kappa shape index (κ3) is 4.30. The second-order valence-corrected chi connectivity index (χ2v) is 5.64. The predicted octanol–water partition coefficient (Wildman–Crippen LogP) is 2.36. The third-order valence-corrected chi connectivity index (χ3v) is 3.90. The van der Waals surface area contributed by atoms with Gasteiger partial charge in [0, 0.05) is 0 Å². The standard InChI is InChI=1S/C16H14OSe/c1-14-8-10-15(11-9-14)17-12-5-13-18-16-6-3-2-4-7-16/h2-4,6-11H,12H2,1H3. The first-order valence-corrected chi connectivity index (χ1v) is 7.45. The number of ether oxygens (including phenoxy) is 1. The van der Waals surface area contributed by atoms with Crippen molar-refractivity contribution >= 4 is 19.4 Å². The van der Waals surface area contributed by atoms with Crippen molar-refractivity contribution in [3.8, 4) is 16.5 Å². The molecule has 0 bridgehead atoms. The van der Waals surface area contributed by atoms with Crippen LogP contribution < -0.4 is 9.20 Å². The number of hydrogen-bond acceptors (Lipinski definition) is 1. The Morgan fingerprint density at radius 2 is 1.72 bits per heavy atom. The Balaban J connectivity index is 1.77. The van der Waals surface area contributed by atoms with Crippen LogP contribution in [0.5, 0.6) is 5.75 Å². The molecule has 0 fully saturated rings. The van der Waals surface area contributed by atoms with E-state index in [1.54, 1.807) is 0 Å². The van der Waals surface area contributed by atoms with E-state index < -0.39 is 0 Å². The average molecular weight is 301 g/mol. The molecule has 2 rings (SSSR count). The maximum atomic E-state index is 5.54. The zero-order valence-electron chi connectivity index (χ0n) is 10.2. The molecule has 0 saturated carbocycles. The summed E-state index contributed by atoms with van der Waals surface area (Å²) < 4.78 is 6.83. The molecule has 18 heavy (non-hydrogen) atoms. The van der Waals surface area contributed by atoms with Crippen molar-refractivity contribution in [2.45, 2.75) is 6.92 Å². The molecule has 0 spiro atoms. The van der Waals surface area contributed by atoms with Gasteiger partial charge in [-0.25, -0.2) is 0 Å². The van der Waals surface area contributed by atoms with Crippen molar-refractivity contribution < 1.29 is 4.74 Å². The third-order valence-electron chi connectivity index (χ3n) is 2.32. The predicted molar refractivity (Wildman–Crippen MR) is 76.3 cm³/mol. The second-order valence-electron chi connectivity index (χ2n) is 3.80. The molecule has 0 radical (unpaired) electrons. The Labute approximate surface area is 114 Å². The molecular weight excluding hydrogens is 287 g/mol. The summed E-state index contributed by atoms with van der Waals surface area (Å²) in [5.74, 6) is 3.93. The van der Waals surface area contributed by atoms with Crippen LogP contribution in [0.3, 0.4) is 0 Å². The molecule has 0 aliphatic rings. The van der Waals surface area contributed by atoms with Crippen LogP contribution in [0.4, 0.5) is 0 Å². The molecule has 2 heteroatoms. The summed E-state index contributed by atoms with van der Waals surface area (Å²) in [7, 11) is 0. The van der Waals surface area contributed by atoms with Crippen LogP contribution in [0.2, 0.25) is 0 Å². The summed E-state index contributed by atoms with van der Waals surface area (Å²) in [5.41, 5.74) is 1.24. The molecule has 0 N–H and O–H groups in total. The van der Waals surface area contributed by atoms with Crippen LogP contribution >= 0.6 is 0 Å². The molecule has 0 heterocycles. The van der Waals surface area contributed by atoms with Crippen LogP contribution in [0.1, 0.15) is 5.56 Å². The van der Waals surface area contributed by atoms with Gasteiger partial charge in [0.05, 0.1) is 0 Å². The van der Waals surface area contributed by atoms with Gasteiger partial charge < -0.3 is 0 Å². The Morgan fingerprint density at radius 1 is 1.00 bits per heavy atom. The Kier molecular flexibility index (Phi) is 4.90. The summed E-state index contributed by atoms with van der Waals surface area (Å²) in [5, 5.41) is 0. The van der Waals surface area contributed by atoms with E-state index in [0.29, 0.717) is 6.61 Å². The first-order chi connectivity index (χ1) is 8.84. The van der Waals surface area contributed by atoms with Crippen molar-refractivity contribution in [2.75, 3.05) is 6.61 Å². The van der Waals surface area contributed by atoms with Gasteiger partial charge in [0.2, 0.25) is 0 Å². The molecule has 2 aromatic rings. The minimum absolute atomic E-state index is 0.220. The molecule has 0 atom stereocenters. The van der Waals surface area contributed by atoms with Gasteiger partial charge in [0.1, 0.15) is 0 Å². The number of rotatable bonds is 3. The SMILES string of the molecule is Cc1ccc(OCC#C[Se]c2ccccc2)cc1. The number of hydrogen-bond donors (Lipinski definition) is 0. The molecule has 0 aromatic heterocycles. The van der Waals surface area contributed by atoms with E-state index >= 15 is 0 Å². The first kappa shape index (κ1) is 12.8. The van der Waals surface area contributed by atoms with E-state index in [-0.39, 0.29) is 15.0 Å². The zero-order chi connectivity index (χ0) is 12.6. The summed E-state index contributed by atoms with van der Waals surface area (Å²) >= 11 is 0.220. The van der Waals surface area contributed by atoms with E-state index in [1.165, 1.54) is 10.0 Å². The van der Waals surface area contributed by atoms with Crippen LogP contribution in [0.15, 0.2) is 54.6 Å². The van der Waals surface area contributed by atoms with Crippen molar-refractivity contribution in [3.63, 3.8) is 0 Å². The summed E-state index contributed by atoms with van der Waals surface area (Å²) in [6, 6.07) is 18.3. The molecule has 0 aliphatic heterocycles. The zero-order valence-corrected chi connectivity index (χ0v) is 11.9. The normalized spacial score (nSPS) is 9.39. The first-order valence-electron chi connectivity index (χ1n) is 5.74. The van der Waals surface area contributed by atoms with Crippen molar-refractivity contribution in [1.82, 2.24) is 0 Å². The van der Waals surface area contributed by atoms with E-state index in [0.717, 1.165) is 5.75 Å². The minimum atomic E-state index is 0.220. The van der Waals surface area contributed by atoms with Crippen LogP contribution in [0, 0.1) is 17.7 Å². The summed E-state index contributed by atoms with van der Waals surface area (Å²) in [4.78, 5) is 3.17. The molecule has 0 amide bonds. The molecule has 1 nitrogen and oxygen atoms in total. The molecular formula is C16H14OSe. The average Bonchev–Trinajstić information content (AvgIpc) is 2.42. The summed E-state index contributed by atoms with van der Waals surface area (Å²) in [6.45, 7) is 2.52. The van der Waals surface area contributed by atoms with Gasteiger partial charge in [-0.05, 0) is 0 Å². The van der Waals surface area contributed by atoms with E-state index in [1.807, 2.05) is 42.5 Å². The van der Waals surface area contributed by atoms with Gasteiger partial charge in [-0.15, -0.1) is 0 Å². The monoisotopic (exact) mass is 302 g/mol. The maximum absolute atomic E-state index is 5.54. The quantitative estimate of drug-likeness (QED) is 0.625. The van der Waals surface area contributed by atoms with E-state index in [2.05, 4.69) is 29.8 Å². The topological polar surface area (TPSA) is 9.23 Å². The fraction of sp³-hybridized carbons (Fsp3) is 0.125. The van der Waals surface area contributed by atoms with Gasteiger partial charge in [-0.2, -0.15) is 0 Å². The van der Waals surface area contributed by atoms with Crippen LogP contribution in [-0.4, -0.2) is 21.6 Å². The van der Waals surface area contributed by atoms with Crippen molar-refractivity contribution in [3.05, 3.63) is 60.2 Å². The Bertz CT molecular complexity index is 535. The van der Waals surface area contributed by atoms with E-state index in [4.69, 9.17) is 4.74 Å². The van der Waals surface area contributed by atoms with Crippen LogP contribution in [0.25, 0.3) is 0 Å². The summed E-state index contributed by atoms with van der Waals surface area (Å²) in [6.07, 6.45) is 0. The van der Waals surface area contributed by atoms with Gasteiger partial charge in [-0.1, -0.05) is 0 Å². The van der Waals surface area contributed by atoms with Crippen molar-refractivity contribution in [1.29, 1.82) is 0 Å². The second kappa shape index (κ2) is 6.91. The van der Waals surface area contributed by atoms with Gasteiger partial charge in [0.15, 0.2) is 0 Å². The fourth-order valence-electron chi connectivity index (χ4n) is 1.37. The van der Waals surface area contributed by atoms with E-state index in [9.17, 15) is 0 Å². The van der Waals surface area contributed by atoms with Gasteiger partial charge in [0.25, 0.3) is 0 Å². The Hall–Kier alpha value is -1.68. The molecule has 90 valence electrons. The fourth-order valence-corrected chi connectivity index (χ4v) is 2.50.